The zero-order valence-corrected chi connectivity index (χ0v) is 11.0. The SMILES string of the molecule is COCCn1c(NN)nc2c1c(=O)n(C)c(=O)n2C. The van der Waals surface area contributed by atoms with E-state index in [1.807, 2.05) is 0 Å². The highest BCUT2D eigenvalue weighted by atomic mass is 16.5. The lowest BCUT2D eigenvalue weighted by Gasteiger charge is -2.07. The van der Waals surface area contributed by atoms with Crippen molar-refractivity contribution in [3.05, 3.63) is 20.8 Å². The summed E-state index contributed by atoms with van der Waals surface area (Å²) in [4.78, 5) is 28.2. The lowest BCUT2D eigenvalue weighted by atomic mass is 10.5. The van der Waals surface area contributed by atoms with Crippen LogP contribution in [0.4, 0.5) is 5.95 Å². The fraction of sp³-hybridized carbons (Fsp3) is 0.500. The summed E-state index contributed by atoms with van der Waals surface area (Å²) in [6, 6.07) is 0. The molecule has 0 aliphatic heterocycles. The number of hydrogen-bond donors (Lipinski definition) is 2. The van der Waals surface area contributed by atoms with Crippen LogP contribution in [-0.4, -0.2) is 32.4 Å². The zero-order chi connectivity index (χ0) is 14.2. The van der Waals surface area contributed by atoms with Crippen LogP contribution in [0.3, 0.4) is 0 Å². The second-order valence-electron chi connectivity index (χ2n) is 4.10. The maximum Gasteiger partial charge on any atom is 0.332 e. The molecular formula is C10H16N6O3. The highest BCUT2D eigenvalue weighted by molar-refractivity contribution is 5.74. The van der Waals surface area contributed by atoms with Crippen molar-refractivity contribution >= 4 is 17.1 Å². The summed E-state index contributed by atoms with van der Waals surface area (Å²) in [6.07, 6.45) is 0. The van der Waals surface area contributed by atoms with Crippen LogP contribution in [-0.2, 0) is 25.4 Å². The fourth-order valence-corrected chi connectivity index (χ4v) is 1.96. The van der Waals surface area contributed by atoms with Crippen LogP contribution in [0.5, 0.6) is 0 Å². The molecule has 2 heterocycles. The topological polar surface area (TPSA) is 109 Å². The Hall–Kier alpha value is -2.13. The molecule has 0 aliphatic rings. The Morgan fingerprint density at radius 1 is 1.32 bits per heavy atom. The molecule has 0 aliphatic carbocycles. The smallest absolute Gasteiger partial charge is 0.332 e. The molecule has 9 heteroatoms. The predicted octanol–water partition coefficient (Wildman–Crippen LogP) is -1.63. The van der Waals surface area contributed by atoms with Gasteiger partial charge < -0.3 is 9.30 Å². The summed E-state index contributed by atoms with van der Waals surface area (Å²) < 4.78 is 8.93. The lowest BCUT2D eigenvalue weighted by Crippen LogP contribution is -2.37. The Kier molecular flexibility index (Phi) is 3.40. The Morgan fingerprint density at radius 2 is 2.00 bits per heavy atom. The van der Waals surface area contributed by atoms with Crippen molar-refractivity contribution in [3.8, 4) is 0 Å². The average molecular weight is 268 g/mol. The zero-order valence-electron chi connectivity index (χ0n) is 11.0. The van der Waals surface area contributed by atoms with Gasteiger partial charge in [-0.15, -0.1) is 0 Å². The standard InChI is InChI=1S/C10H16N6O3/c1-14-7-6(8(17)15(2)10(14)18)16(4-5-19-3)9(12-7)13-11/h4-5,11H2,1-3H3,(H,12,13). The van der Waals surface area contributed by atoms with E-state index in [9.17, 15) is 9.59 Å². The molecule has 0 unspecified atom stereocenters. The minimum atomic E-state index is -0.433. The van der Waals surface area contributed by atoms with E-state index in [0.717, 1.165) is 4.57 Å². The normalized spacial score (nSPS) is 11.2. The summed E-state index contributed by atoms with van der Waals surface area (Å²) >= 11 is 0. The number of nitrogens with one attached hydrogen (secondary N) is 1. The maximum absolute atomic E-state index is 12.2. The number of imidazole rings is 1. The van der Waals surface area contributed by atoms with Gasteiger partial charge in [0.15, 0.2) is 11.2 Å². The molecule has 2 aromatic rings. The van der Waals surface area contributed by atoms with Gasteiger partial charge in [0.05, 0.1) is 6.61 Å². The van der Waals surface area contributed by atoms with Gasteiger partial charge in [0.2, 0.25) is 5.95 Å². The molecule has 0 radical (unpaired) electrons. The lowest BCUT2D eigenvalue weighted by molar-refractivity contribution is 0.188. The summed E-state index contributed by atoms with van der Waals surface area (Å²) in [5.41, 5.74) is 2.18. The predicted molar refractivity (Wildman–Crippen MR) is 69.9 cm³/mol. The Balaban J connectivity index is 2.87. The van der Waals surface area contributed by atoms with Crippen molar-refractivity contribution in [2.75, 3.05) is 19.1 Å². The molecule has 0 fully saturated rings. The molecule has 9 nitrogen and oxygen atoms in total. The highest BCUT2D eigenvalue weighted by Gasteiger charge is 2.18. The van der Waals surface area contributed by atoms with Crippen LogP contribution in [0.2, 0.25) is 0 Å². The van der Waals surface area contributed by atoms with Gasteiger partial charge >= 0.3 is 5.69 Å². The molecule has 0 spiro atoms. The van der Waals surface area contributed by atoms with Crippen LogP contribution in [0.25, 0.3) is 11.2 Å². The Labute approximate surface area is 108 Å². The molecule has 0 aromatic carbocycles. The minimum absolute atomic E-state index is 0.289. The Morgan fingerprint density at radius 3 is 2.58 bits per heavy atom. The summed E-state index contributed by atoms with van der Waals surface area (Å²) in [7, 11) is 4.54. The molecule has 0 bridgehead atoms. The molecular weight excluding hydrogens is 252 g/mol. The van der Waals surface area contributed by atoms with Gasteiger partial charge in [-0.3, -0.25) is 19.4 Å². The molecule has 0 saturated heterocycles. The Bertz CT molecular complexity index is 725. The first-order valence-corrected chi connectivity index (χ1v) is 5.64. The van der Waals surface area contributed by atoms with Gasteiger partial charge in [0.1, 0.15) is 0 Å². The number of nitrogens with zero attached hydrogens (tertiary/aromatic N) is 4. The first-order valence-electron chi connectivity index (χ1n) is 5.64. The van der Waals surface area contributed by atoms with E-state index in [1.165, 1.54) is 11.6 Å². The first-order chi connectivity index (χ1) is 9.02. The molecule has 104 valence electrons. The number of nitrogen functional groups attached to an aromatic ring is 1. The summed E-state index contributed by atoms with van der Waals surface area (Å²) in [5, 5.41) is 0. The van der Waals surface area contributed by atoms with E-state index in [0.29, 0.717) is 24.6 Å². The quantitative estimate of drug-likeness (QED) is 0.509. The number of anilines is 1. The number of methoxy groups -OCH3 is 1. The van der Waals surface area contributed by atoms with Crippen molar-refractivity contribution in [2.24, 2.45) is 19.9 Å². The summed E-state index contributed by atoms with van der Waals surface area (Å²) in [5.74, 6) is 5.70. The van der Waals surface area contributed by atoms with E-state index in [2.05, 4.69) is 10.4 Å². The second-order valence-corrected chi connectivity index (χ2v) is 4.10. The number of ether oxygens (including phenoxy) is 1. The monoisotopic (exact) mass is 268 g/mol. The van der Waals surface area contributed by atoms with E-state index < -0.39 is 11.2 Å². The van der Waals surface area contributed by atoms with Gasteiger partial charge in [-0.1, -0.05) is 0 Å². The number of aromatic nitrogens is 4. The molecule has 2 rings (SSSR count). The molecule has 0 saturated carbocycles. The minimum Gasteiger partial charge on any atom is -0.383 e. The van der Waals surface area contributed by atoms with E-state index in [1.54, 1.807) is 18.7 Å². The number of aryl methyl sites for hydroxylation is 1. The van der Waals surface area contributed by atoms with Crippen LogP contribution >= 0.6 is 0 Å². The third-order valence-electron chi connectivity index (χ3n) is 3.00. The van der Waals surface area contributed by atoms with E-state index in [-0.39, 0.29) is 5.65 Å². The number of fused-ring (bicyclic) bond motifs is 1. The molecule has 0 amide bonds. The summed E-state index contributed by atoms with van der Waals surface area (Å²) in [6.45, 7) is 0.798. The number of hydrogen-bond acceptors (Lipinski definition) is 6. The largest absolute Gasteiger partial charge is 0.383 e. The van der Waals surface area contributed by atoms with E-state index >= 15 is 0 Å². The third kappa shape index (κ3) is 1.92. The molecule has 3 N–H and O–H groups in total. The first kappa shape index (κ1) is 13.3. The van der Waals surface area contributed by atoms with Gasteiger partial charge in [0.25, 0.3) is 5.56 Å². The maximum atomic E-state index is 12.2. The highest BCUT2D eigenvalue weighted by Crippen LogP contribution is 2.14. The van der Waals surface area contributed by atoms with Crippen LogP contribution < -0.4 is 22.5 Å². The second kappa shape index (κ2) is 4.86. The van der Waals surface area contributed by atoms with Crippen LogP contribution in [0, 0.1) is 0 Å². The number of hydrazine groups is 1. The van der Waals surface area contributed by atoms with E-state index in [4.69, 9.17) is 10.6 Å². The van der Waals surface area contributed by atoms with Crippen molar-refractivity contribution in [1.82, 2.24) is 18.7 Å². The van der Waals surface area contributed by atoms with Crippen molar-refractivity contribution in [3.63, 3.8) is 0 Å². The van der Waals surface area contributed by atoms with Crippen LogP contribution in [0.1, 0.15) is 0 Å². The van der Waals surface area contributed by atoms with Crippen molar-refractivity contribution < 1.29 is 4.74 Å². The molecule has 2 aromatic heterocycles. The number of nitrogens with two attached hydrogens (primary N) is 1. The average Bonchev–Trinajstić information content (AvgIpc) is 2.79. The van der Waals surface area contributed by atoms with Crippen molar-refractivity contribution in [1.29, 1.82) is 0 Å². The fourth-order valence-electron chi connectivity index (χ4n) is 1.96. The van der Waals surface area contributed by atoms with Gasteiger partial charge in [0, 0.05) is 27.7 Å². The molecule has 19 heavy (non-hydrogen) atoms. The third-order valence-corrected chi connectivity index (χ3v) is 3.00. The van der Waals surface area contributed by atoms with Crippen LogP contribution in [0.15, 0.2) is 9.59 Å². The van der Waals surface area contributed by atoms with Gasteiger partial charge in [-0.05, 0) is 0 Å². The van der Waals surface area contributed by atoms with Crippen molar-refractivity contribution in [2.45, 2.75) is 6.54 Å². The van der Waals surface area contributed by atoms with Gasteiger partial charge in [-0.2, -0.15) is 4.98 Å². The van der Waals surface area contributed by atoms with Gasteiger partial charge in [-0.25, -0.2) is 10.6 Å². The molecule has 0 atom stereocenters. The number of rotatable bonds is 4.